The van der Waals surface area contributed by atoms with Crippen LogP contribution in [0, 0.1) is 0 Å². The molecule has 0 radical (unpaired) electrons. The van der Waals surface area contributed by atoms with Gasteiger partial charge in [0.15, 0.2) is 6.29 Å². The van der Waals surface area contributed by atoms with Crippen molar-refractivity contribution in [2.75, 3.05) is 0 Å². The van der Waals surface area contributed by atoms with E-state index in [1.807, 2.05) is 36.4 Å². The van der Waals surface area contributed by atoms with Crippen LogP contribution in [-0.2, 0) is 0 Å². The second-order valence-electron chi connectivity index (χ2n) is 4.72. The Morgan fingerprint density at radius 3 is 2.58 bits per heavy atom. The van der Waals surface area contributed by atoms with Crippen LogP contribution < -0.4 is 4.74 Å². The summed E-state index contributed by atoms with van der Waals surface area (Å²) < 4.78 is 5.44. The van der Waals surface area contributed by atoms with Crippen LogP contribution >= 0.6 is 0 Å². The lowest BCUT2D eigenvalue weighted by Crippen LogP contribution is -2.24. The summed E-state index contributed by atoms with van der Waals surface area (Å²) in [6.45, 7) is 0. The zero-order chi connectivity index (χ0) is 13.1. The summed E-state index contributed by atoms with van der Waals surface area (Å²) in [7, 11) is 0. The van der Waals surface area contributed by atoms with Crippen LogP contribution in [-0.4, -0.2) is 11.4 Å². The number of ether oxygens (including phenoxy) is 1. The zero-order valence-corrected chi connectivity index (χ0v) is 10.6. The molecule has 0 fully saturated rings. The molecule has 3 rings (SSSR count). The van der Waals surface area contributed by atoms with Crippen molar-refractivity contribution in [1.82, 2.24) is 0 Å². The molecule has 0 amide bonds. The SMILES string of the molecule is OC1C[C@H](/C=C/c2ccccc2)c2ccccc2O1. The van der Waals surface area contributed by atoms with Crippen molar-refractivity contribution in [3.8, 4) is 5.75 Å². The second-order valence-corrected chi connectivity index (χ2v) is 4.72. The third-order valence-corrected chi connectivity index (χ3v) is 3.36. The van der Waals surface area contributed by atoms with Gasteiger partial charge in [-0.25, -0.2) is 0 Å². The number of hydrogen-bond acceptors (Lipinski definition) is 2. The smallest absolute Gasteiger partial charge is 0.198 e. The molecule has 1 aliphatic rings. The minimum absolute atomic E-state index is 0.195. The normalized spacial score (nSPS) is 21.9. The molecular weight excluding hydrogens is 236 g/mol. The molecule has 19 heavy (non-hydrogen) atoms. The van der Waals surface area contributed by atoms with Gasteiger partial charge in [0.05, 0.1) is 0 Å². The van der Waals surface area contributed by atoms with Crippen LogP contribution in [0.15, 0.2) is 60.7 Å². The van der Waals surface area contributed by atoms with Gasteiger partial charge in [-0.3, -0.25) is 0 Å². The van der Waals surface area contributed by atoms with Gasteiger partial charge in [0.1, 0.15) is 5.75 Å². The number of fused-ring (bicyclic) bond motifs is 1. The minimum Gasteiger partial charge on any atom is -0.465 e. The van der Waals surface area contributed by atoms with Crippen molar-refractivity contribution < 1.29 is 9.84 Å². The zero-order valence-electron chi connectivity index (χ0n) is 10.6. The van der Waals surface area contributed by atoms with Gasteiger partial charge in [-0.1, -0.05) is 60.7 Å². The van der Waals surface area contributed by atoms with Crippen molar-refractivity contribution in [3.05, 3.63) is 71.8 Å². The van der Waals surface area contributed by atoms with Gasteiger partial charge in [0.2, 0.25) is 0 Å². The molecule has 1 N–H and O–H groups in total. The number of allylic oxidation sites excluding steroid dienone is 1. The molecule has 2 atom stereocenters. The van der Waals surface area contributed by atoms with Gasteiger partial charge >= 0.3 is 0 Å². The van der Waals surface area contributed by atoms with Gasteiger partial charge < -0.3 is 9.84 Å². The largest absolute Gasteiger partial charge is 0.465 e. The highest BCUT2D eigenvalue weighted by Crippen LogP contribution is 2.36. The number of aliphatic hydroxyl groups is 1. The summed E-state index contributed by atoms with van der Waals surface area (Å²) >= 11 is 0. The van der Waals surface area contributed by atoms with E-state index >= 15 is 0 Å². The van der Waals surface area contributed by atoms with E-state index in [-0.39, 0.29) is 5.92 Å². The highest BCUT2D eigenvalue weighted by Gasteiger charge is 2.24. The first-order valence-electron chi connectivity index (χ1n) is 6.50. The maximum Gasteiger partial charge on any atom is 0.198 e. The summed E-state index contributed by atoms with van der Waals surface area (Å²) in [6, 6.07) is 18.1. The minimum atomic E-state index is -0.722. The van der Waals surface area contributed by atoms with Crippen molar-refractivity contribution in [1.29, 1.82) is 0 Å². The highest BCUT2D eigenvalue weighted by molar-refractivity contribution is 5.52. The average molecular weight is 252 g/mol. The number of hydrogen-bond donors (Lipinski definition) is 1. The van der Waals surface area contributed by atoms with Crippen molar-refractivity contribution in [2.45, 2.75) is 18.6 Å². The van der Waals surface area contributed by atoms with Gasteiger partial charge in [0.25, 0.3) is 0 Å². The molecule has 1 unspecified atom stereocenters. The fourth-order valence-electron chi connectivity index (χ4n) is 2.41. The lowest BCUT2D eigenvalue weighted by atomic mass is 9.91. The quantitative estimate of drug-likeness (QED) is 0.885. The van der Waals surface area contributed by atoms with Crippen molar-refractivity contribution in [3.63, 3.8) is 0 Å². The van der Waals surface area contributed by atoms with E-state index in [9.17, 15) is 5.11 Å². The Morgan fingerprint density at radius 1 is 1.00 bits per heavy atom. The van der Waals surface area contributed by atoms with Crippen molar-refractivity contribution >= 4 is 6.08 Å². The van der Waals surface area contributed by atoms with Gasteiger partial charge in [0, 0.05) is 17.9 Å². The molecule has 0 saturated carbocycles. The Hall–Kier alpha value is -2.06. The Labute approximate surface area is 113 Å². The Bertz CT molecular complexity index is 575. The standard InChI is InChI=1S/C17H16O2/c18-17-12-14(11-10-13-6-2-1-3-7-13)15-8-4-5-9-16(15)19-17/h1-11,14,17-18H,12H2/b11-10+/t14-,17?/m0/s1. The monoisotopic (exact) mass is 252 g/mol. The molecule has 2 aromatic rings. The molecule has 0 spiro atoms. The first kappa shape index (κ1) is 12.0. The maximum atomic E-state index is 9.77. The topological polar surface area (TPSA) is 29.5 Å². The Morgan fingerprint density at radius 2 is 1.74 bits per heavy atom. The van der Waals surface area contributed by atoms with E-state index in [1.54, 1.807) is 0 Å². The molecule has 2 aromatic carbocycles. The molecule has 1 heterocycles. The molecule has 1 aliphatic heterocycles. The van der Waals surface area contributed by atoms with Gasteiger partial charge in [-0.15, -0.1) is 0 Å². The third kappa shape index (κ3) is 2.69. The molecule has 2 heteroatoms. The average Bonchev–Trinajstić information content (AvgIpc) is 2.45. The van der Waals surface area contributed by atoms with E-state index in [1.165, 1.54) is 5.56 Å². The second kappa shape index (κ2) is 5.29. The van der Waals surface area contributed by atoms with Crippen LogP contribution in [0.3, 0.4) is 0 Å². The summed E-state index contributed by atoms with van der Waals surface area (Å²) in [5.41, 5.74) is 2.31. The lowest BCUT2D eigenvalue weighted by Gasteiger charge is -2.27. The lowest BCUT2D eigenvalue weighted by molar-refractivity contribution is -0.0352. The molecule has 0 aromatic heterocycles. The van der Waals surface area contributed by atoms with E-state index in [0.29, 0.717) is 6.42 Å². The first-order valence-corrected chi connectivity index (χ1v) is 6.50. The van der Waals surface area contributed by atoms with Crippen LogP contribution in [0.4, 0.5) is 0 Å². The van der Waals surface area contributed by atoms with E-state index in [2.05, 4.69) is 30.4 Å². The fraction of sp³-hybridized carbons (Fsp3) is 0.176. The molecule has 2 nitrogen and oxygen atoms in total. The predicted octanol–water partition coefficient (Wildman–Crippen LogP) is 3.58. The summed E-state index contributed by atoms with van der Waals surface area (Å²) in [5, 5.41) is 9.77. The third-order valence-electron chi connectivity index (χ3n) is 3.36. The molecule has 0 aliphatic carbocycles. The summed E-state index contributed by atoms with van der Waals surface area (Å²) in [5.74, 6) is 0.976. The van der Waals surface area contributed by atoms with E-state index < -0.39 is 6.29 Å². The van der Waals surface area contributed by atoms with Gasteiger partial charge in [-0.2, -0.15) is 0 Å². The Kier molecular flexibility index (Phi) is 3.34. The van der Waals surface area contributed by atoms with E-state index in [4.69, 9.17) is 4.74 Å². The number of benzene rings is 2. The molecule has 0 bridgehead atoms. The maximum absolute atomic E-state index is 9.77. The fourth-order valence-corrected chi connectivity index (χ4v) is 2.41. The predicted molar refractivity (Wildman–Crippen MR) is 75.9 cm³/mol. The molecule has 96 valence electrons. The molecule has 0 saturated heterocycles. The number of rotatable bonds is 2. The highest BCUT2D eigenvalue weighted by atomic mass is 16.6. The van der Waals surface area contributed by atoms with Crippen LogP contribution in [0.1, 0.15) is 23.5 Å². The summed E-state index contributed by atoms with van der Waals surface area (Å²) in [4.78, 5) is 0. The van der Waals surface area contributed by atoms with E-state index in [0.717, 1.165) is 11.3 Å². The van der Waals surface area contributed by atoms with Crippen LogP contribution in [0.5, 0.6) is 5.75 Å². The first-order chi connectivity index (χ1) is 9.33. The number of aliphatic hydroxyl groups excluding tert-OH is 1. The molecular formula is C17H16O2. The van der Waals surface area contributed by atoms with Crippen LogP contribution in [0.25, 0.3) is 6.08 Å². The van der Waals surface area contributed by atoms with Crippen molar-refractivity contribution in [2.24, 2.45) is 0 Å². The van der Waals surface area contributed by atoms with Gasteiger partial charge in [-0.05, 0) is 11.6 Å². The Balaban J connectivity index is 1.87. The summed E-state index contributed by atoms with van der Waals surface area (Å²) in [6.07, 6.45) is 4.11. The van der Waals surface area contributed by atoms with Crippen LogP contribution in [0.2, 0.25) is 0 Å². The number of para-hydroxylation sites is 1.